The molecule has 3 nitrogen and oxygen atoms in total. The molecule has 1 N–H and O–H groups in total. The molecule has 23 heavy (non-hydrogen) atoms. The second-order valence-corrected chi connectivity index (χ2v) is 6.26. The van der Waals surface area contributed by atoms with Crippen molar-refractivity contribution in [3.8, 4) is 5.75 Å². The monoisotopic (exact) mass is 374 g/mol. The summed E-state index contributed by atoms with van der Waals surface area (Å²) >= 11 is 3.42. The van der Waals surface area contributed by atoms with E-state index in [9.17, 15) is 5.11 Å². The van der Waals surface area contributed by atoms with Crippen molar-refractivity contribution in [3.05, 3.63) is 64.1 Å². The minimum Gasteiger partial charge on any atom is -0.507 e. The van der Waals surface area contributed by atoms with Crippen LogP contribution in [0.3, 0.4) is 0 Å². The molecule has 122 valence electrons. The summed E-state index contributed by atoms with van der Waals surface area (Å²) in [6, 6.07) is 16.1. The number of likely N-dealkylation sites (N-methyl/N-ethyl adjacent to an activating group) is 1. The Hall–Kier alpha value is -1.65. The van der Waals surface area contributed by atoms with E-state index in [0.717, 1.165) is 23.1 Å². The Morgan fingerprint density at radius 1 is 1.13 bits per heavy atom. The molecule has 0 unspecified atom stereocenters. The van der Waals surface area contributed by atoms with Gasteiger partial charge in [0.25, 0.3) is 0 Å². The number of nitrogens with zero attached hydrogens (tertiary/aromatic N) is 2. The summed E-state index contributed by atoms with van der Waals surface area (Å²) in [5.41, 5.74) is 2.00. The number of hydrogen-bond donors (Lipinski definition) is 1. The zero-order chi connectivity index (χ0) is 16.7. The highest BCUT2D eigenvalue weighted by atomic mass is 79.9. The number of aromatic hydroxyl groups is 1. The van der Waals surface area contributed by atoms with Crippen molar-refractivity contribution >= 4 is 22.1 Å². The van der Waals surface area contributed by atoms with Crippen molar-refractivity contribution in [1.29, 1.82) is 0 Å². The van der Waals surface area contributed by atoms with Crippen molar-refractivity contribution in [2.75, 3.05) is 19.6 Å². The summed E-state index contributed by atoms with van der Waals surface area (Å²) < 4.78 is 0.931. The van der Waals surface area contributed by atoms with Gasteiger partial charge in [-0.25, -0.2) is 0 Å². The van der Waals surface area contributed by atoms with Gasteiger partial charge in [0.1, 0.15) is 5.75 Å². The van der Waals surface area contributed by atoms with Gasteiger partial charge in [0, 0.05) is 16.3 Å². The Morgan fingerprint density at radius 2 is 1.83 bits per heavy atom. The number of phenolic OH excluding ortho intramolecular Hbond substituents is 1. The van der Waals surface area contributed by atoms with E-state index >= 15 is 0 Å². The van der Waals surface area contributed by atoms with Crippen molar-refractivity contribution in [2.45, 2.75) is 19.9 Å². The van der Waals surface area contributed by atoms with E-state index in [1.807, 2.05) is 18.2 Å². The highest BCUT2D eigenvalue weighted by Crippen LogP contribution is 2.22. The van der Waals surface area contributed by atoms with Crippen molar-refractivity contribution in [2.24, 2.45) is 4.99 Å². The topological polar surface area (TPSA) is 35.8 Å². The summed E-state index contributed by atoms with van der Waals surface area (Å²) in [5.74, 6) is 0.246. The number of rotatable bonds is 7. The molecule has 0 saturated heterocycles. The summed E-state index contributed by atoms with van der Waals surface area (Å²) in [7, 11) is 0. The molecule has 0 aliphatic rings. The molecule has 0 aromatic heterocycles. The fourth-order valence-electron chi connectivity index (χ4n) is 2.65. The van der Waals surface area contributed by atoms with E-state index in [-0.39, 0.29) is 11.8 Å². The number of benzene rings is 2. The second-order valence-electron chi connectivity index (χ2n) is 5.35. The van der Waals surface area contributed by atoms with Crippen LogP contribution in [0, 0.1) is 0 Å². The molecule has 2 aromatic carbocycles. The molecule has 0 radical (unpaired) electrons. The van der Waals surface area contributed by atoms with E-state index in [1.54, 1.807) is 12.3 Å². The first-order valence-electron chi connectivity index (χ1n) is 7.93. The van der Waals surface area contributed by atoms with Crippen LogP contribution in [-0.2, 0) is 0 Å². The van der Waals surface area contributed by atoms with Gasteiger partial charge in [-0.3, -0.25) is 9.89 Å². The number of halogens is 1. The lowest BCUT2D eigenvalue weighted by Gasteiger charge is -2.28. The van der Waals surface area contributed by atoms with E-state index in [0.29, 0.717) is 6.54 Å². The van der Waals surface area contributed by atoms with Crippen molar-refractivity contribution in [3.63, 3.8) is 0 Å². The van der Waals surface area contributed by atoms with Crippen LogP contribution in [0.15, 0.2) is 58.0 Å². The SMILES string of the molecule is CCN(CC)[C@H](CN=Cc1cc(Br)ccc1O)c1ccccc1. The van der Waals surface area contributed by atoms with Crippen LogP contribution in [-0.4, -0.2) is 35.9 Å². The quantitative estimate of drug-likeness (QED) is 0.715. The van der Waals surface area contributed by atoms with Crippen molar-refractivity contribution in [1.82, 2.24) is 4.90 Å². The van der Waals surface area contributed by atoms with E-state index in [4.69, 9.17) is 0 Å². The molecule has 2 rings (SSSR count). The lowest BCUT2D eigenvalue weighted by Crippen LogP contribution is -2.30. The Balaban J connectivity index is 2.18. The molecule has 2 aromatic rings. The molecule has 0 aliphatic carbocycles. The first-order valence-corrected chi connectivity index (χ1v) is 8.72. The van der Waals surface area contributed by atoms with E-state index < -0.39 is 0 Å². The zero-order valence-electron chi connectivity index (χ0n) is 13.6. The maximum absolute atomic E-state index is 9.90. The molecule has 0 heterocycles. The lowest BCUT2D eigenvalue weighted by molar-refractivity contribution is 0.224. The summed E-state index contributed by atoms with van der Waals surface area (Å²) in [4.78, 5) is 6.99. The average Bonchev–Trinajstić information content (AvgIpc) is 2.58. The molecule has 0 saturated carbocycles. The molecule has 0 fully saturated rings. The first kappa shape index (κ1) is 17.7. The minimum atomic E-state index is 0.246. The Bertz CT molecular complexity index is 639. The van der Waals surface area contributed by atoms with Gasteiger partial charge in [-0.05, 0) is 36.9 Å². The van der Waals surface area contributed by atoms with Crippen LogP contribution < -0.4 is 0 Å². The van der Waals surface area contributed by atoms with Crippen LogP contribution in [0.4, 0.5) is 0 Å². The molecule has 0 spiro atoms. The van der Waals surface area contributed by atoms with Crippen molar-refractivity contribution < 1.29 is 5.11 Å². The lowest BCUT2D eigenvalue weighted by atomic mass is 10.1. The van der Waals surface area contributed by atoms with Crippen LogP contribution >= 0.6 is 15.9 Å². The summed E-state index contributed by atoms with van der Waals surface area (Å²) in [6.45, 7) is 6.96. The Labute approximate surface area is 146 Å². The van der Waals surface area contributed by atoms with Gasteiger partial charge in [-0.2, -0.15) is 0 Å². The summed E-state index contributed by atoms with van der Waals surface area (Å²) in [6.07, 6.45) is 1.75. The largest absolute Gasteiger partial charge is 0.507 e. The van der Waals surface area contributed by atoms with Gasteiger partial charge in [-0.1, -0.05) is 60.1 Å². The number of aliphatic imine (C=N–C) groups is 1. The third-order valence-corrected chi connectivity index (χ3v) is 4.43. The minimum absolute atomic E-state index is 0.246. The molecular formula is C19H23BrN2O. The summed E-state index contributed by atoms with van der Waals surface area (Å²) in [5, 5.41) is 9.90. The molecule has 4 heteroatoms. The fraction of sp³-hybridized carbons (Fsp3) is 0.316. The third-order valence-electron chi connectivity index (χ3n) is 3.94. The smallest absolute Gasteiger partial charge is 0.124 e. The van der Waals surface area contributed by atoms with Gasteiger partial charge >= 0.3 is 0 Å². The molecule has 0 aliphatic heterocycles. The van der Waals surface area contributed by atoms with Crippen LogP contribution in [0.25, 0.3) is 0 Å². The normalized spacial score (nSPS) is 12.9. The van der Waals surface area contributed by atoms with Gasteiger partial charge in [-0.15, -0.1) is 0 Å². The van der Waals surface area contributed by atoms with E-state index in [2.05, 4.69) is 63.9 Å². The van der Waals surface area contributed by atoms with Crippen LogP contribution in [0.5, 0.6) is 5.75 Å². The van der Waals surface area contributed by atoms with Gasteiger partial charge in [0.2, 0.25) is 0 Å². The highest BCUT2D eigenvalue weighted by molar-refractivity contribution is 9.10. The zero-order valence-corrected chi connectivity index (χ0v) is 15.2. The van der Waals surface area contributed by atoms with Crippen LogP contribution in [0.2, 0.25) is 0 Å². The average molecular weight is 375 g/mol. The fourth-order valence-corrected chi connectivity index (χ4v) is 3.03. The predicted molar refractivity (Wildman–Crippen MR) is 100 cm³/mol. The standard InChI is InChI=1S/C19H23BrN2O/c1-3-22(4-2)18(15-8-6-5-7-9-15)14-21-13-16-12-17(20)10-11-19(16)23/h5-13,18,23H,3-4,14H2,1-2H3/t18-/m1/s1. The van der Waals surface area contributed by atoms with Gasteiger partial charge < -0.3 is 5.11 Å². The van der Waals surface area contributed by atoms with Gasteiger partial charge in [0.15, 0.2) is 0 Å². The number of phenols is 1. The highest BCUT2D eigenvalue weighted by Gasteiger charge is 2.16. The first-order chi connectivity index (χ1) is 11.2. The van der Waals surface area contributed by atoms with Gasteiger partial charge in [0.05, 0.1) is 12.6 Å². The molecule has 0 bridgehead atoms. The Kier molecular flexibility index (Phi) is 6.81. The molecular weight excluding hydrogens is 352 g/mol. The van der Waals surface area contributed by atoms with E-state index in [1.165, 1.54) is 5.56 Å². The van der Waals surface area contributed by atoms with Crippen LogP contribution in [0.1, 0.15) is 31.0 Å². The second kappa shape index (κ2) is 8.85. The molecule has 1 atom stereocenters. The third kappa shape index (κ3) is 4.91. The predicted octanol–water partition coefficient (Wildman–Crippen LogP) is 4.66. The Morgan fingerprint density at radius 3 is 2.48 bits per heavy atom. The maximum Gasteiger partial charge on any atom is 0.124 e. The number of hydrogen-bond acceptors (Lipinski definition) is 3. The maximum atomic E-state index is 9.90. The molecule has 0 amide bonds.